The number of hydrogen-bond donors (Lipinski definition) is 0. The van der Waals surface area contributed by atoms with E-state index in [4.69, 9.17) is 0 Å². The molecule has 0 atom stereocenters. The van der Waals surface area contributed by atoms with Gasteiger partial charge in [0.2, 0.25) is 0 Å². The molecule has 2 heteroatoms. The molecule has 0 amide bonds. The second-order valence-electron chi connectivity index (χ2n) is 6.12. The van der Waals surface area contributed by atoms with E-state index in [-0.39, 0.29) is 5.41 Å². The maximum absolute atomic E-state index is 4.59. The van der Waals surface area contributed by atoms with Gasteiger partial charge in [-0.15, -0.1) is 0 Å². The average Bonchev–Trinajstić information content (AvgIpc) is 2.55. The summed E-state index contributed by atoms with van der Waals surface area (Å²) >= 11 is 0.367. The predicted octanol–water partition coefficient (Wildman–Crippen LogP) is 3.04. The number of fused-ring (bicyclic) bond motifs is 2. The molecule has 0 saturated heterocycles. The minimum absolute atomic E-state index is 0.0139. The van der Waals surface area contributed by atoms with Crippen molar-refractivity contribution in [1.82, 2.24) is 4.98 Å². The quantitative estimate of drug-likeness (QED) is 0.615. The van der Waals surface area contributed by atoms with Gasteiger partial charge in [-0.25, -0.2) is 0 Å². The minimum atomic E-state index is 0.0139. The van der Waals surface area contributed by atoms with Crippen molar-refractivity contribution >= 4 is 23.9 Å². The molecule has 2 aromatic carbocycles. The van der Waals surface area contributed by atoms with Gasteiger partial charge in [0.05, 0.1) is 0 Å². The van der Waals surface area contributed by atoms with Crippen LogP contribution >= 0.6 is 0 Å². The third-order valence-corrected chi connectivity index (χ3v) is 6.76. The molecule has 108 valence electrons. The van der Waals surface area contributed by atoms with Crippen LogP contribution in [0.4, 0.5) is 0 Å². The van der Waals surface area contributed by atoms with Crippen LogP contribution in [0, 0.1) is 0 Å². The summed E-state index contributed by atoms with van der Waals surface area (Å²) in [4.78, 5) is 4.59. The van der Waals surface area contributed by atoms with Gasteiger partial charge in [-0.1, -0.05) is 0 Å². The molecule has 4 rings (SSSR count). The topological polar surface area (TPSA) is 12.9 Å². The van der Waals surface area contributed by atoms with E-state index in [1.807, 2.05) is 12.3 Å². The molecule has 0 spiro atoms. The van der Waals surface area contributed by atoms with Gasteiger partial charge in [-0.05, 0) is 0 Å². The van der Waals surface area contributed by atoms with Crippen LogP contribution in [-0.4, -0.2) is 19.9 Å². The molecule has 1 aliphatic rings. The number of pyridine rings is 1. The van der Waals surface area contributed by atoms with Crippen LogP contribution < -0.4 is 8.92 Å². The number of rotatable bonds is 1. The normalized spacial score (nSPS) is 15.0. The Labute approximate surface area is 137 Å². The van der Waals surface area contributed by atoms with E-state index in [0.29, 0.717) is 15.0 Å². The Morgan fingerprint density at radius 3 is 2.41 bits per heavy atom. The molecule has 2 heterocycles. The van der Waals surface area contributed by atoms with Crippen molar-refractivity contribution in [3.05, 3.63) is 78.0 Å². The van der Waals surface area contributed by atoms with E-state index in [9.17, 15) is 0 Å². The van der Waals surface area contributed by atoms with Crippen molar-refractivity contribution in [2.75, 3.05) is 0 Å². The summed E-state index contributed by atoms with van der Waals surface area (Å²) in [6.07, 6.45) is 1.88. The van der Waals surface area contributed by atoms with Gasteiger partial charge in [0, 0.05) is 0 Å². The second-order valence-corrected chi connectivity index (χ2v) is 8.39. The van der Waals surface area contributed by atoms with Gasteiger partial charge < -0.3 is 0 Å². The zero-order chi connectivity index (χ0) is 15.2. The SMILES string of the molecule is CC1(C)c2ccccc2[Se]c2cccc(-c3ccccn3)c21. The van der Waals surface area contributed by atoms with Crippen LogP contribution in [0.3, 0.4) is 0 Å². The fourth-order valence-corrected chi connectivity index (χ4v) is 6.32. The fraction of sp³-hybridized carbons (Fsp3) is 0.150. The summed E-state index contributed by atoms with van der Waals surface area (Å²) in [5.41, 5.74) is 5.28. The first-order valence-corrected chi connectivity index (χ1v) is 9.21. The average molecular weight is 350 g/mol. The molecule has 0 saturated carbocycles. The van der Waals surface area contributed by atoms with Gasteiger partial charge in [-0.3, -0.25) is 0 Å². The van der Waals surface area contributed by atoms with Crippen LogP contribution in [-0.2, 0) is 5.41 Å². The molecule has 0 N–H and O–H groups in total. The summed E-state index contributed by atoms with van der Waals surface area (Å²) in [5.74, 6) is 0. The number of benzene rings is 2. The Bertz CT molecular complexity index is 837. The predicted molar refractivity (Wildman–Crippen MR) is 93.3 cm³/mol. The van der Waals surface area contributed by atoms with E-state index in [1.165, 1.54) is 25.6 Å². The van der Waals surface area contributed by atoms with Gasteiger partial charge in [-0.2, -0.15) is 0 Å². The van der Waals surface area contributed by atoms with Crippen LogP contribution in [0.1, 0.15) is 25.0 Å². The molecule has 1 aromatic heterocycles. The summed E-state index contributed by atoms with van der Waals surface area (Å²) in [7, 11) is 0. The molecule has 0 bridgehead atoms. The summed E-state index contributed by atoms with van der Waals surface area (Å²) < 4.78 is 2.99. The van der Waals surface area contributed by atoms with Gasteiger partial charge in [0.25, 0.3) is 0 Å². The second kappa shape index (κ2) is 5.08. The summed E-state index contributed by atoms with van der Waals surface area (Å²) in [5, 5.41) is 0. The Morgan fingerprint density at radius 1 is 0.818 bits per heavy atom. The van der Waals surface area contributed by atoms with Crippen molar-refractivity contribution in [1.29, 1.82) is 0 Å². The first-order valence-electron chi connectivity index (χ1n) is 7.50. The monoisotopic (exact) mass is 351 g/mol. The molecule has 1 nitrogen and oxygen atoms in total. The third kappa shape index (κ3) is 2.03. The zero-order valence-electron chi connectivity index (χ0n) is 12.7. The van der Waals surface area contributed by atoms with E-state index < -0.39 is 0 Å². The summed E-state index contributed by atoms with van der Waals surface area (Å²) in [6, 6.07) is 21.7. The molecule has 22 heavy (non-hydrogen) atoms. The molecule has 0 fully saturated rings. The van der Waals surface area contributed by atoms with Crippen LogP contribution in [0.25, 0.3) is 11.3 Å². The third-order valence-electron chi connectivity index (χ3n) is 4.37. The molecule has 0 unspecified atom stereocenters. The Balaban J connectivity index is 1.99. The van der Waals surface area contributed by atoms with Gasteiger partial charge >= 0.3 is 137 Å². The standard InChI is InChI=1S/C20H17NSe/c1-20(2)15-9-3-4-11-17(15)22-18-12-7-8-14(19(18)20)16-10-5-6-13-21-16/h3-13H,1-2H3. The maximum atomic E-state index is 4.59. The Morgan fingerprint density at radius 2 is 1.59 bits per heavy atom. The first kappa shape index (κ1) is 13.8. The molecular weight excluding hydrogens is 333 g/mol. The first-order chi connectivity index (χ1) is 10.7. The Kier molecular flexibility index (Phi) is 3.18. The summed E-state index contributed by atoms with van der Waals surface area (Å²) in [6.45, 7) is 4.68. The van der Waals surface area contributed by atoms with E-state index in [1.54, 1.807) is 0 Å². The molecule has 1 aliphatic heterocycles. The van der Waals surface area contributed by atoms with Crippen LogP contribution in [0.15, 0.2) is 66.9 Å². The molecule has 0 radical (unpaired) electrons. The van der Waals surface area contributed by atoms with Crippen LogP contribution in [0.2, 0.25) is 0 Å². The van der Waals surface area contributed by atoms with Crippen molar-refractivity contribution in [3.63, 3.8) is 0 Å². The number of nitrogens with zero attached hydrogens (tertiary/aromatic N) is 1. The van der Waals surface area contributed by atoms with E-state index in [0.717, 1.165) is 5.69 Å². The van der Waals surface area contributed by atoms with E-state index in [2.05, 4.69) is 73.4 Å². The van der Waals surface area contributed by atoms with Crippen molar-refractivity contribution in [3.8, 4) is 11.3 Å². The molecule has 0 aliphatic carbocycles. The Hall–Kier alpha value is -1.89. The number of hydrogen-bond acceptors (Lipinski definition) is 1. The van der Waals surface area contributed by atoms with Crippen molar-refractivity contribution < 1.29 is 0 Å². The van der Waals surface area contributed by atoms with Gasteiger partial charge in [0.1, 0.15) is 0 Å². The van der Waals surface area contributed by atoms with E-state index >= 15 is 0 Å². The van der Waals surface area contributed by atoms with Gasteiger partial charge in [0.15, 0.2) is 0 Å². The van der Waals surface area contributed by atoms with Crippen molar-refractivity contribution in [2.45, 2.75) is 19.3 Å². The van der Waals surface area contributed by atoms with Crippen LogP contribution in [0.5, 0.6) is 0 Å². The molecule has 3 aromatic rings. The number of aromatic nitrogens is 1. The fourth-order valence-electron chi connectivity index (χ4n) is 3.32. The zero-order valence-corrected chi connectivity index (χ0v) is 14.4. The van der Waals surface area contributed by atoms with Crippen molar-refractivity contribution in [2.24, 2.45) is 0 Å². The molecular formula is C20H17NSe.